The largest absolute Gasteiger partial charge is 0.497 e. The van der Waals surface area contributed by atoms with Crippen LogP contribution in [-0.2, 0) is 10.0 Å². The highest BCUT2D eigenvalue weighted by molar-refractivity contribution is 7.92. The zero-order chi connectivity index (χ0) is 19.4. The maximum absolute atomic E-state index is 13.5. The van der Waals surface area contributed by atoms with E-state index < -0.39 is 16.1 Å². The minimum absolute atomic E-state index is 0.186. The molecule has 0 aliphatic rings. The maximum Gasteiger partial charge on any atom is 0.264 e. The summed E-state index contributed by atoms with van der Waals surface area (Å²) in [6.45, 7) is 1.86. The van der Waals surface area contributed by atoms with Crippen molar-refractivity contribution in [2.24, 2.45) is 0 Å². The Morgan fingerprint density at radius 1 is 0.926 bits per heavy atom. The molecule has 0 bridgehead atoms. The Hall–Kier alpha value is -2.50. The molecule has 140 valence electrons. The van der Waals surface area contributed by atoms with E-state index in [1.54, 1.807) is 55.6 Å². The topological polar surface area (TPSA) is 46.6 Å². The van der Waals surface area contributed by atoms with Crippen LogP contribution in [0.25, 0.3) is 0 Å². The van der Waals surface area contributed by atoms with Crippen LogP contribution in [0.5, 0.6) is 5.75 Å². The molecule has 0 amide bonds. The van der Waals surface area contributed by atoms with Gasteiger partial charge in [-0.05, 0) is 55.0 Å². The van der Waals surface area contributed by atoms with Crippen molar-refractivity contribution in [3.05, 3.63) is 89.4 Å². The van der Waals surface area contributed by atoms with Crippen molar-refractivity contribution in [3.8, 4) is 5.75 Å². The number of nitrogens with zero attached hydrogens (tertiary/aromatic N) is 1. The fraction of sp³-hybridized carbons (Fsp3) is 0.143. The van der Waals surface area contributed by atoms with Crippen LogP contribution in [0.3, 0.4) is 0 Å². The average Bonchev–Trinajstić information content (AvgIpc) is 2.68. The molecule has 0 aliphatic carbocycles. The van der Waals surface area contributed by atoms with E-state index >= 15 is 0 Å². The number of ether oxygens (including phenoxy) is 1. The van der Waals surface area contributed by atoms with Crippen molar-refractivity contribution < 1.29 is 13.2 Å². The highest BCUT2D eigenvalue weighted by Crippen LogP contribution is 2.34. The molecule has 0 radical (unpaired) electrons. The van der Waals surface area contributed by atoms with E-state index in [2.05, 4.69) is 0 Å². The van der Waals surface area contributed by atoms with E-state index in [4.69, 9.17) is 16.3 Å². The minimum atomic E-state index is -3.82. The Balaban J connectivity index is 2.13. The lowest BCUT2D eigenvalue weighted by atomic mass is 10.1. The molecule has 6 heteroatoms. The van der Waals surface area contributed by atoms with Crippen molar-refractivity contribution in [2.75, 3.05) is 11.4 Å². The number of anilines is 1. The number of rotatable bonds is 6. The number of benzene rings is 3. The van der Waals surface area contributed by atoms with Gasteiger partial charge in [0.25, 0.3) is 10.0 Å². The van der Waals surface area contributed by atoms with Gasteiger partial charge in [-0.25, -0.2) is 8.42 Å². The smallest absolute Gasteiger partial charge is 0.264 e. The molecule has 3 aromatic carbocycles. The van der Waals surface area contributed by atoms with Gasteiger partial charge in [0.15, 0.2) is 0 Å². The van der Waals surface area contributed by atoms with Crippen LogP contribution in [0.15, 0.2) is 83.8 Å². The molecule has 27 heavy (non-hydrogen) atoms. The molecule has 0 aromatic heterocycles. The zero-order valence-electron chi connectivity index (χ0n) is 15.0. The first-order chi connectivity index (χ1) is 12.9. The van der Waals surface area contributed by atoms with Crippen LogP contribution in [0.4, 0.5) is 5.69 Å². The third-order valence-corrected chi connectivity index (χ3v) is 6.46. The van der Waals surface area contributed by atoms with Gasteiger partial charge in [0.05, 0.1) is 23.7 Å². The van der Waals surface area contributed by atoms with Gasteiger partial charge in [0.1, 0.15) is 5.75 Å². The highest BCUT2D eigenvalue weighted by Gasteiger charge is 2.30. The van der Waals surface area contributed by atoms with E-state index in [1.807, 2.05) is 37.3 Å². The fourth-order valence-corrected chi connectivity index (χ4v) is 4.73. The Morgan fingerprint density at radius 2 is 1.59 bits per heavy atom. The Kier molecular flexibility index (Phi) is 5.73. The van der Waals surface area contributed by atoms with Gasteiger partial charge >= 0.3 is 0 Å². The Labute approximate surface area is 165 Å². The highest BCUT2D eigenvalue weighted by atomic mass is 35.5. The third kappa shape index (κ3) is 4.10. The van der Waals surface area contributed by atoms with Gasteiger partial charge in [-0.1, -0.05) is 48.0 Å². The van der Waals surface area contributed by atoms with E-state index in [1.165, 1.54) is 4.31 Å². The van der Waals surface area contributed by atoms with E-state index in [9.17, 15) is 8.42 Å². The molecule has 4 nitrogen and oxygen atoms in total. The standard InChI is InChI=1S/C21H20ClNO3S/c1-16(17-7-4-3-5-8-17)23(19-10-6-9-18(22)15-19)27(24,25)21-13-11-20(26-2)12-14-21/h3-16H,1-2H3/t16-/m1/s1. The Bertz CT molecular complexity index is 1010. The molecule has 3 rings (SSSR count). The van der Waals surface area contributed by atoms with E-state index in [0.29, 0.717) is 16.5 Å². The molecule has 0 spiro atoms. The molecule has 0 N–H and O–H groups in total. The first-order valence-electron chi connectivity index (χ1n) is 8.42. The predicted molar refractivity (Wildman–Crippen MR) is 109 cm³/mol. The summed E-state index contributed by atoms with van der Waals surface area (Å²) < 4.78 is 33.5. The van der Waals surface area contributed by atoms with Crippen molar-refractivity contribution in [3.63, 3.8) is 0 Å². The summed E-state index contributed by atoms with van der Waals surface area (Å²) in [6, 6.07) is 22.3. The lowest BCUT2D eigenvalue weighted by Gasteiger charge is -2.31. The molecule has 0 unspecified atom stereocenters. The lowest BCUT2D eigenvalue weighted by Crippen LogP contribution is -2.33. The van der Waals surface area contributed by atoms with Gasteiger partial charge < -0.3 is 4.74 Å². The number of hydrogen-bond donors (Lipinski definition) is 0. The maximum atomic E-state index is 13.5. The van der Waals surface area contributed by atoms with Crippen LogP contribution in [0, 0.1) is 0 Å². The summed E-state index contributed by atoms with van der Waals surface area (Å²) in [5.74, 6) is 0.597. The SMILES string of the molecule is COc1ccc(S(=O)(=O)N(c2cccc(Cl)c2)[C@H](C)c2ccccc2)cc1. The summed E-state index contributed by atoms with van der Waals surface area (Å²) >= 11 is 6.14. The predicted octanol–water partition coefficient (Wildman–Crippen LogP) is 5.31. The summed E-state index contributed by atoms with van der Waals surface area (Å²) in [6.07, 6.45) is 0. The monoisotopic (exact) mass is 401 g/mol. The zero-order valence-corrected chi connectivity index (χ0v) is 16.6. The van der Waals surface area contributed by atoms with Crippen LogP contribution in [-0.4, -0.2) is 15.5 Å². The second kappa shape index (κ2) is 8.03. The van der Waals surface area contributed by atoms with Crippen LogP contribution in [0.1, 0.15) is 18.5 Å². The molecule has 0 fully saturated rings. The first-order valence-corrected chi connectivity index (χ1v) is 10.2. The molecule has 1 atom stereocenters. The summed E-state index contributed by atoms with van der Waals surface area (Å²) in [5.41, 5.74) is 1.39. The third-order valence-electron chi connectivity index (χ3n) is 4.31. The summed E-state index contributed by atoms with van der Waals surface area (Å²) in [4.78, 5) is 0.186. The quantitative estimate of drug-likeness (QED) is 0.562. The molecular formula is C21H20ClNO3S. The second-order valence-electron chi connectivity index (χ2n) is 6.04. The molecule has 0 heterocycles. The number of sulfonamides is 1. The average molecular weight is 402 g/mol. The molecule has 0 saturated carbocycles. The van der Waals surface area contributed by atoms with Gasteiger partial charge in [0.2, 0.25) is 0 Å². The lowest BCUT2D eigenvalue weighted by molar-refractivity contribution is 0.414. The molecule has 0 aliphatic heterocycles. The molecule has 0 saturated heterocycles. The molecule has 3 aromatic rings. The van der Waals surface area contributed by atoms with Crippen molar-refractivity contribution in [2.45, 2.75) is 17.9 Å². The van der Waals surface area contributed by atoms with Crippen LogP contribution >= 0.6 is 11.6 Å². The van der Waals surface area contributed by atoms with E-state index in [0.717, 1.165) is 5.56 Å². The van der Waals surface area contributed by atoms with Gasteiger partial charge in [-0.2, -0.15) is 0 Å². The van der Waals surface area contributed by atoms with Crippen molar-refractivity contribution in [1.82, 2.24) is 0 Å². The van der Waals surface area contributed by atoms with E-state index in [-0.39, 0.29) is 4.90 Å². The normalized spacial score (nSPS) is 12.4. The molecular weight excluding hydrogens is 382 g/mol. The van der Waals surface area contributed by atoms with Gasteiger partial charge in [0, 0.05) is 5.02 Å². The second-order valence-corrected chi connectivity index (χ2v) is 8.29. The van der Waals surface area contributed by atoms with Gasteiger partial charge in [-0.15, -0.1) is 0 Å². The Morgan fingerprint density at radius 3 is 2.19 bits per heavy atom. The summed E-state index contributed by atoms with van der Waals surface area (Å²) in [7, 11) is -2.28. The van der Waals surface area contributed by atoms with Crippen LogP contribution in [0.2, 0.25) is 5.02 Å². The summed E-state index contributed by atoms with van der Waals surface area (Å²) in [5, 5.41) is 0.475. The van der Waals surface area contributed by atoms with Crippen molar-refractivity contribution >= 4 is 27.3 Å². The fourth-order valence-electron chi connectivity index (χ4n) is 2.91. The van der Waals surface area contributed by atoms with Crippen molar-refractivity contribution in [1.29, 1.82) is 0 Å². The minimum Gasteiger partial charge on any atom is -0.497 e. The number of hydrogen-bond acceptors (Lipinski definition) is 3. The number of halogens is 1. The van der Waals surface area contributed by atoms with Crippen LogP contribution < -0.4 is 9.04 Å². The van der Waals surface area contributed by atoms with Gasteiger partial charge in [-0.3, -0.25) is 4.31 Å². The first kappa shape index (κ1) is 19.3. The number of methoxy groups -OCH3 is 1.